The molecule has 2 atom stereocenters. The van der Waals surface area contributed by atoms with Crippen LogP contribution in [0.3, 0.4) is 0 Å². The summed E-state index contributed by atoms with van der Waals surface area (Å²) in [6.07, 6.45) is 0.740. The molecular formula is C17H21N3O3. The van der Waals surface area contributed by atoms with E-state index in [4.69, 9.17) is 9.15 Å². The van der Waals surface area contributed by atoms with Crippen LogP contribution in [0.1, 0.15) is 11.5 Å². The van der Waals surface area contributed by atoms with Crippen LogP contribution in [0.5, 0.6) is 0 Å². The second-order valence-corrected chi connectivity index (χ2v) is 6.50. The highest BCUT2D eigenvalue weighted by molar-refractivity contribution is 5.84. The van der Waals surface area contributed by atoms with E-state index < -0.39 is 0 Å². The zero-order chi connectivity index (χ0) is 15.9. The molecule has 2 aromatic rings. The van der Waals surface area contributed by atoms with Gasteiger partial charge in [-0.15, -0.1) is 0 Å². The number of carbonyl (C=O) groups excluding carboxylic acids is 1. The van der Waals surface area contributed by atoms with Gasteiger partial charge in [0.05, 0.1) is 18.6 Å². The number of fused-ring (bicyclic) bond motifs is 2. The van der Waals surface area contributed by atoms with Crippen molar-refractivity contribution in [1.82, 2.24) is 15.6 Å². The quantitative estimate of drug-likeness (QED) is 0.881. The van der Waals surface area contributed by atoms with Gasteiger partial charge in [0.25, 0.3) is 0 Å². The summed E-state index contributed by atoms with van der Waals surface area (Å²) < 4.78 is 11.1. The number of nitrogens with one attached hydrogen (secondary N) is 2. The predicted molar refractivity (Wildman–Crippen MR) is 85.1 cm³/mol. The van der Waals surface area contributed by atoms with Gasteiger partial charge in [0.15, 0.2) is 11.5 Å². The summed E-state index contributed by atoms with van der Waals surface area (Å²) in [7, 11) is 0. The molecule has 0 spiro atoms. The maximum Gasteiger partial charge on any atom is 0.230 e. The first-order valence-corrected chi connectivity index (χ1v) is 8.11. The molecule has 23 heavy (non-hydrogen) atoms. The third-order valence-electron chi connectivity index (χ3n) is 5.03. The lowest BCUT2D eigenvalue weighted by Gasteiger charge is -2.24. The van der Waals surface area contributed by atoms with Gasteiger partial charge < -0.3 is 19.8 Å². The highest BCUT2D eigenvalue weighted by Crippen LogP contribution is 2.37. The van der Waals surface area contributed by atoms with Gasteiger partial charge in [0, 0.05) is 32.5 Å². The Morgan fingerprint density at radius 1 is 1.52 bits per heavy atom. The topological polar surface area (TPSA) is 76.4 Å². The van der Waals surface area contributed by atoms with Gasteiger partial charge >= 0.3 is 0 Å². The molecule has 6 nitrogen and oxygen atoms in total. The van der Waals surface area contributed by atoms with Gasteiger partial charge in [-0.3, -0.25) is 4.79 Å². The molecule has 2 aliphatic heterocycles. The van der Waals surface area contributed by atoms with Crippen LogP contribution in [0.4, 0.5) is 0 Å². The van der Waals surface area contributed by atoms with Crippen LogP contribution >= 0.6 is 0 Å². The van der Waals surface area contributed by atoms with Crippen LogP contribution in [0.15, 0.2) is 22.6 Å². The van der Waals surface area contributed by atoms with Crippen molar-refractivity contribution in [2.24, 2.45) is 11.3 Å². The van der Waals surface area contributed by atoms with Crippen LogP contribution in [0.25, 0.3) is 11.1 Å². The molecule has 1 amide bonds. The lowest BCUT2D eigenvalue weighted by Crippen LogP contribution is -2.46. The van der Waals surface area contributed by atoms with E-state index in [0.717, 1.165) is 29.6 Å². The molecule has 2 saturated heterocycles. The zero-order valence-electron chi connectivity index (χ0n) is 13.2. The van der Waals surface area contributed by atoms with Crippen molar-refractivity contribution < 1.29 is 13.9 Å². The number of nitrogens with zero attached hydrogens (tertiary/aromatic N) is 1. The Hall–Kier alpha value is -1.92. The summed E-state index contributed by atoms with van der Waals surface area (Å²) in [5.74, 6) is 1.07. The average Bonchev–Trinajstić information content (AvgIpc) is 3.19. The fraction of sp³-hybridized carbons (Fsp3) is 0.529. The van der Waals surface area contributed by atoms with Crippen LogP contribution in [0, 0.1) is 18.3 Å². The summed E-state index contributed by atoms with van der Waals surface area (Å²) in [4.78, 5) is 17.1. The SMILES string of the molecule is Cc1nc2c(CCNC(=O)[C@]34CNC[C@H]3COC4)cccc2o1. The van der Waals surface area contributed by atoms with Gasteiger partial charge in [-0.05, 0) is 18.1 Å². The first kappa shape index (κ1) is 14.7. The first-order valence-electron chi connectivity index (χ1n) is 8.11. The van der Waals surface area contributed by atoms with Gasteiger partial charge in [-0.1, -0.05) is 12.1 Å². The molecule has 122 valence electrons. The first-order chi connectivity index (χ1) is 11.2. The molecule has 3 heterocycles. The minimum Gasteiger partial charge on any atom is -0.441 e. The van der Waals surface area contributed by atoms with Gasteiger partial charge in [0.1, 0.15) is 5.52 Å². The maximum atomic E-state index is 12.6. The molecule has 1 aromatic carbocycles. The van der Waals surface area contributed by atoms with Crippen molar-refractivity contribution >= 4 is 17.0 Å². The number of hydrogen-bond acceptors (Lipinski definition) is 5. The largest absolute Gasteiger partial charge is 0.441 e. The Morgan fingerprint density at radius 2 is 2.43 bits per heavy atom. The number of hydrogen-bond donors (Lipinski definition) is 2. The maximum absolute atomic E-state index is 12.6. The highest BCUT2D eigenvalue weighted by atomic mass is 16.5. The van der Waals surface area contributed by atoms with E-state index in [2.05, 4.69) is 15.6 Å². The fourth-order valence-corrected chi connectivity index (χ4v) is 3.72. The van der Waals surface area contributed by atoms with Crippen molar-refractivity contribution in [3.63, 3.8) is 0 Å². The van der Waals surface area contributed by atoms with Crippen LogP contribution in [-0.4, -0.2) is 43.7 Å². The number of oxazole rings is 1. The number of para-hydroxylation sites is 1. The molecule has 0 bridgehead atoms. The minimum atomic E-state index is -0.378. The van der Waals surface area contributed by atoms with Crippen molar-refractivity contribution in [1.29, 1.82) is 0 Å². The summed E-state index contributed by atoms with van der Waals surface area (Å²) in [5, 5.41) is 6.41. The molecule has 0 saturated carbocycles. The number of benzene rings is 1. The van der Waals surface area contributed by atoms with Crippen LogP contribution in [0.2, 0.25) is 0 Å². The van der Waals surface area contributed by atoms with Gasteiger partial charge in [-0.2, -0.15) is 0 Å². The average molecular weight is 315 g/mol. The second kappa shape index (κ2) is 5.62. The number of amides is 1. The van der Waals surface area contributed by atoms with E-state index in [1.807, 2.05) is 25.1 Å². The third kappa shape index (κ3) is 2.42. The van der Waals surface area contributed by atoms with Crippen molar-refractivity contribution in [3.8, 4) is 0 Å². The van der Waals surface area contributed by atoms with E-state index in [9.17, 15) is 4.79 Å². The summed E-state index contributed by atoms with van der Waals surface area (Å²) in [5.41, 5.74) is 2.41. The molecule has 2 aliphatic rings. The standard InChI is InChI=1S/C17H21N3O3/c1-11-20-15-12(3-2-4-14(15)23-11)5-6-19-16(21)17-9-18-7-13(17)8-22-10-17/h2-4,13,18H,5-10H2,1H3,(H,19,21)/t13-,17-/m0/s1. The lowest BCUT2D eigenvalue weighted by molar-refractivity contribution is -0.131. The van der Waals surface area contributed by atoms with Crippen LogP contribution in [-0.2, 0) is 16.0 Å². The minimum absolute atomic E-state index is 0.105. The summed E-state index contributed by atoms with van der Waals surface area (Å²) in [6, 6.07) is 5.92. The Bertz CT molecular complexity index is 730. The van der Waals surface area contributed by atoms with E-state index in [-0.39, 0.29) is 11.3 Å². The monoisotopic (exact) mass is 315 g/mol. The summed E-state index contributed by atoms with van der Waals surface area (Å²) in [6.45, 7) is 5.22. The number of aromatic nitrogens is 1. The van der Waals surface area contributed by atoms with Crippen molar-refractivity contribution in [2.45, 2.75) is 13.3 Å². The Morgan fingerprint density at radius 3 is 3.35 bits per heavy atom. The lowest BCUT2D eigenvalue weighted by atomic mass is 9.80. The predicted octanol–water partition coefficient (Wildman–Crippen LogP) is 1.03. The fourth-order valence-electron chi connectivity index (χ4n) is 3.72. The van der Waals surface area contributed by atoms with E-state index in [1.165, 1.54) is 0 Å². The Balaban J connectivity index is 1.42. The highest BCUT2D eigenvalue weighted by Gasteiger charge is 2.52. The third-order valence-corrected chi connectivity index (χ3v) is 5.03. The van der Waals surface area contributed by atoms with Crippen molar-refractivity contribution in [2.75, 3.05) is 32.8 Å². The molecule has 0 radical (unpaired) electrons. The van der Waals surface area contributed by atoms with Crippen LogP contribution < -0.4 is 10.6 Å². The normalized spacial score (nSPS) is 26.6. The van der Waals surface area contributed by atoms with E-state index >= 15 is 0 Å². The molecular weight excluding hydrogens is 294 g/mol. The van der Waals surface area contributed by atoms with Gasteiger partial charge in [-0.25, -0.2) is 4.98 Å². The molecule has 2 N–H and O–H groups in total. The number of rotatable bonds is 4. The van der Waals surface area contributed by atoms with Gasteiger partial charge in [0.2, 0.25) is 5.91 Å². The molecule has 4 rings (SSSR count). The molecule has 1 aromatic heterocycles. The van der Waals surface area contributed by atoms with Crippen molar-refractivity contribution in [3.05, 3.63) is 29.7 Å². The zero-order valence-corrected chi connectivity index (χ0v) is 13.2. The second-order valence-electron chi connectivity index (χ2n) is 6.50. The molecule has 0 unspecified atom stereocenters. The van der Waals surface area contributed by atoms with E-state index in [0.29, 0.717) is 38.1 Å². The number of ether oxygens (including phenoxy) is 1. The number of aryl methyl sites for hydroxylation is 1. The Labute approximate surface area is 134 Å². The smallest absolute Gasteiger partial charge is 0.230 e. The molecule has 0 aliphatic carbocycles. The molecule has 2 fully saturated rings. The summed E-state index contributed by atoms with van der Waals surface area (Å²) >= 11 is 0. The Kier molecular flexibility index (Phi) is 3.58. The molecule has 6 heteroatoms. The number of carbonyl (C=O) groups is 1. The van der Waals surface area contributed by atoms with E-state index in [1.54, 1.807) is 0 Å².